The molecular formula is C22H19ClN2OS. The highest BCUT2D eigenvalue weighted by Gasteiger charge is 2.23. The third-order valence-electron chi connectivity index (χ3n) is 4.68. The molecule has 0 bridgehead atoms. The van der Waals surface area contributed by atoms with Gasteiger partial charge in [0.2, 0.25) is 5.91 Å². The number of amides is 1. The van der Waals surface area contributed by atoms with Gasteiger partial charge in [-0.3, -0.25) is 9.78 Å². The van der Waals surface area contributed by atoms with E-state index in [-0.39, 0.29) is 5.91 Å². The lowest BCUT2D eigenvalue weighted by Crippen LogP contribution is -2.28. The van der Waals surface area contributed by atoms with Crippen LogP contribution in [-0.4, -0.2) is 17.4 Å². The number of pyridine rings is 1. The fourth-order valence-electron chi connectivity index (χ4n) is 3.25. The third kappa shape index (κ3) is 3.97. The van der Waals surface area contributed by atoms with Crippen molar-refractivity contribution in [3.8, 4) is 10.6 Å². The Balaban J connectivity index is 1.47. The number of aromatic nitrogens is 1. The highest BCUT2D eigenvalue weighted by Crippen LogP contribution is 2.35. The summed E-state index contributed by atoms with van der Waals surface area (Å²) in [5.41, 5.74) is 4.66. The standard InChI is InChI=1S/C22H19ClN2OS/c23-21-16-8-11-19(20-7-4-14-27-20)25-18(16)10-9-17(21)22(26)24-13-12-15-5-2-1-3-6-15/h1-8,11,14H,9-10,12-13H2,(H,24,26). The quantitative estimate of drug-likeness (QED) is 0.656. The highest BCUT2D eigenvalue weighted by molar-refractivity contribution is 7.13. The molecule has 27 heavy (non-hydrogen) atoms. The second kappa shape index (κ2) is 8.07. The largest absolute Gasteiger partial charge is 0.352 e. The zero-order valence-corrected chi connectivity index (χ0v) is 16.3. The fraction of sp³-hybridized carbons (Fsp3) is 0.182. The predicted molar refractivity (Wildman–Crippen MR) is 112 cm³/mol. The second-order valence-corrected chi connectivity index (χ2v) is 7.78. The molecule has 136 valence electrons. The third-order valence-corrected chi connectivity index (χ3v) is 6.00. The summed E-state index contributed by atoms with van der Waals surface area (Å²) in [7, 11) is 0. The smallest absolute Gasteiger partial charge is 0.248 e. The molecule has 5 heteroatoms. The summed E-state index contributed by atoms with van der Waals surface area (Å²) in [6.07, 6.45) is 2.15. The van der Waals surface area contributed by atoms with Crippen molar-refractivity contribution >= 4 is 33.9 Å². The molecule has 1 amide bonds. The Morgan fingerprint density at radius 2 is 1.93 bits per heavy atom. The number of nitrogens with one attached hydrogen (secondary N) is 1. The number of hydrogen-bond donors (Lipinski definition) is 1. The van der Waals surface area contributed by atoms with Crippen LogP contribution in [0.1, 0.15) is 23.2 Å². The molecular weight excluding hydrogens is 376 g/mol. The molecule has 0 unspecified atom stereocenters. The van der Waals surface area contributed by atoms with Crippen LogP contribution in [-0.2, 0) is 17.6 Å². The van der Waals surface area contributed by atoms with E-state index in [0.717, 1.165) is 34.7 Å². The van der Waals surface area contributed by atoms with E-state index in [1.807, 2.05) is 41.8 Å². The first-order valence-corrected chi connectivity index (χ1v) is 10.2. The molecule has 1 aliphatic rings. The highest BCUT2D eigenvalue weighted by atomic mass is 35.5. The van der Waals surface area contributed by atoms with E-state index in [2.05, 4.69) is 23.5 Å². The van der Waals surface area contributed by atoms with E-state index in [4.69, 9.17) is 16.6 Å². The van der Waals surface area contributed by atoms with Crippen LogP contribution in [0.4, 0.5) is 0 Å². The molecule has 0 atom stereocenters. The summed E-state index contributed by atoms with van der Waals surface area (Å²) in [4.78, 5) is 18.5. The van der Waals surface area contributed by atoms with Gasteiger partial charge >= 0.3 is 0 Å². The van der Waals surface area contributed by atoms with Gasteiger partial charge in [-0.15, -0.1) is 11.3 Å². The van der Waals surface area contributed by atoms with Crippen LogP contribution in [0.5, 0.6) is 0 Å². The van der Waals surface area contributed by atoms with Gasteiger partial charge < -0.3 is 5.32 Å². The van der Waals surface area contributed by atoms with Gasteiger partial charge in [0.25, 0.3) is 0 Å². The molecule has 0 aliphatic heterocycles. The maximum atomic E-state index is 12.6. The molecule has 0 saturated heterocycles. The van der Waals surface area contributed by atoms with Crippen LogP contribution in [0.3, 0.4) is 0 Å². The first-order chi connectivity index (χ1) is 13.2. The number of thiophene rings is 1. The Hall–Kier alpha value is -2.43. The molecule has 0 saturated carbocycles. The molecule has 2 heterocycles. The van der Waals surface area contributed by atoms with Crippen molar-refractivity contribution in [1.29, 1.82) is 0 Å². The van der Waals surface area contributed by atoms with E-state index in [1.165, 1.54) is 5.56 Å². The number of carbonyl (C=O) groups excluding carboxylic acids is 1. The molecule has 0 radical (unpaired) electrons. The SMILES string of the molecule is O=C(NCCc1ccccc1)C1=C(Cl)c2ccc(-c3cccs3)nc2CC1. The second-order valence-electron chi connectivity index (χ2n) is 6.45. The Kier molecular flexibility index (Phi) is 5.37. The Morgan fingerprint density at radius 3 is 2.70 bits per heavy atom. The van der Waals surface area contributed by atoms with Crippen molar-refractivity contribution in [2.45, 2.75) is 19.3 Å². The lowest BCUT2D eigenvalue weighted by molar-refractivity contribution is -0.117. The van der Waals surface area contributed by atoms with E-state index in [0.29, 0.717) is 23.6 Å². The minimum atomic E-state index is -0.0797. The summed E-state index contributed by atoms with van der Waals surface area (Å²) in [5.74, 6) is -0.0797. The molecule has 2 aromatic heterocycles. The Labute approximate surface area is 167 Å². The summed E-state index contributed by atoms with van der Waals surface area (Å²) in [5, 5.41) is 5.57. The lowest BCUT2D eigenvalue weighted by atomic mass is 9.94. The number of rotatable bonds is 5. The van der Waals surface area contributed by atoms with Crippen molar-refractivity contribution in [2.75, 3.05) is 6.54 Å². The lowest BCUT2D eigenvalue weighted by Gasteiger charge is -2.19. The van der Waals surface area contributed by atoms with Crippen LogP contribution in [0.25, 0.3) is 15.6 Å². The number of fused-ring (bicyclic) bond motifs is 1. The maximum absolute atomic E-state index is 12.6. The van der Waals surface area contributed by atoms with Crippen LogP contribution < -0.4 is 5.32 Å². The normalized spacial score (nSPS) is 13.4. The van der Waals surface area contributed by atoms with E-state index < -0.39 is 0 Å². The molecule has 3 nitrogen and oxygen atoms in total. The molecule has 1 aromatic carbocycles. The maximum Gasteiger partial charge on any atom is 0.248 e. The van der Waals surface area contributed by atoms with Gasteiger partial charge in [-0.1, -0.05) is 48.0 Å². The summed E-state index contributed by atoms with van der Waals surface area (Å²) >= 11 is 8.23. The average Bonchev–Trinajstić information content (AvgIpc) is 3.23. The predicted octanol–water partition coefficient (Wildman–Crippen LogP) is 5.07. The van der Waals surface area contributed by atoms with Crippen molar-refractivity contribution in [2.24, 2.45) is 0 Å². The van der Waals surface area contributed by atoms with Gasteiger partial charge in [0, 0.05) is 17.7 Å². The number of carbonyl (C=O) groups is 1. The van der Waals surface area contributed by atoms with Crippen LogP contribution in [0.15, 0.2) is 65.6 Å². The molecule has 1 N–H and O–H groups in total. The Morgan fingerprint density at radius 1 is 1.07 bits per heavy atom. The number of halogens is 1. The van der Waals surface area contributed by atoms with Crippen LogP contribution in [0, 0.1) is 0 Å². The first kappa shape index (κ1) is 18.0. The summed E-state index contributed by atoms with van der Waals surface area (Å²) in [6.45, 7) is 0.596. The molecule has 4 rings (SSSR count). The van der Waals surface area contributed by atoms with Gasteiger partial charge in [0.15, 0.2) is 0 Å². The van der Waals surface area contributed by atoms with Crippen molar-refractivity contribution < 1.29 is 4.79 Å². The Bertz CT molecular complexity index is 981. The van der Waals surface area contributed by atoms with Gasteiger partial charge in [-0.25, -0.2) is 0 Å². The minimum Gasteiger partial charge on any atom is -0.352 e. The zero-order valence-electron chi connectivity index (χ0n) is 14.7. The number of nitrogens with zero attached hydrogens (tertiary/aromatic N) is 1. The van der Waals surface area contributed by atoms with Crippen molar-refractivity contribution in [1.82, 2.24) is 10.3 Å². The van der Waals surface area contributed by atoms with E-state index >= 15 is 0 Å². The topological polar surface area (TPSA) is 42.0 Å². The molecule has 0 fully saturated rings. The molecule has 0 spiro atoms. The zero-order chi connectivity index (χ0) is 18.6. The van der Waals surface area contributed by atoms with Crippen molar-refractivity contribution in [3.05, 3.63) is 82.4 Å². The van der Waals surface area contributed by atoms with Gasteiger partial charge in [-0.05, 0) is 48.4 Å². The summed E-state index contributed by atoms with van der Waals surface area (Å²) < 4.78 is 0. The van der Waals surface area contributed by atoms with Gasteiger partial charge in [0.1, 0.15) is 0 Å². The van der Waals surface area contributed by atoms with Crippen LogP contribution in [0.2, 0.25) is 0 Å². The van der Waals surface area contributed by atoms with Crippen molar-refractivity contribution in [3.63, 3.8) is 0 Å². The monoisotopic (exact) mass is 394 g/mol. The number of benzene rings is 1. The van der Waals surface area contributed by atoms with E-state index in [9.17, 15) is 4.79 Å². The fourth-order valence-corrected chi connectivity index (χ4v) is 4.30. The number of hydrogen-bond acceptors (Lipinski definition) is 3. The number of aryl methyl sites for hydroxylation is 1. The average molecular weight is 395 g/mol. The molecule has 1 aliphatic carbocycles. The first-order valence-electron chi connectivity index (χ1n) is 8.97. The molecule has 3 aromatic rings. The summed E-state index contributed by atoms with van der Waals surface area (Å²) in [6, 6.07) is 18.2. The van der Waals surface area contributed by atoms with Crippen LogP contribution >= 0.6 is 22.9 Å². The van der Waals surface area contributed by atoms with E-state index in [1.54, 1.807) is 11.3 Å². The van der Waals surface area contributed by atoms with Gasteiger partial charge in [-0.2, -0.15) is 0 Å². The van der Waals surface area contributed by atoms with Gasteiger partial charge in [0.05, 0.1) is 21.3 Å². The minimum absolute atomic E-state index is 0.0797.